The molecule has 0 saturated carbocycles. The normalized spacial score (nSPS) is 16.7. The molecule has 110 valence electrons. The number of carbonyl (C=O) groups excluding carboxylic acids is 1. The molecular weight excluding hydrogens is 301 g/mol. The van der Waals surface area contributed by atoms with Gasteiger partial charge in [-0.1, -0.05) is 36.5 Å². The first-order chi connectivity index (χ1) is 9.43. The highest BCUT2D eigenvalue weighted by Crippen LogP contribution is 2.27. The average molecular weight is 318 g/mol. The quantitative estimate of drug-likeness (QED) is 0.908. The maximum atomic E-state index is 11.9. The Bertz CT molecular complexity index is 501. The zero-order valence-electron chi connectivity index (χ0n) is 11.2. The minimum absolute atomic E-state index is 0.0693. The van der Waals surface area contributed by atoms with E-state index in [4.69, 9.17) is 27.9 Å². The monoisotopic (exact) mass is 317 g/mol. The van der Waals surface area contributed by atoms with Crippen LogP contribution in [0.2, 0.25) is 10.0 Å². The number of amides is 1. The van der Waals surface area contributed by atoms with Gasteiger partial charge in [0.2, 0.25) is 0 Å². The van der Waals surface area contributed by atoms with E-state index in [0.29, 0.717) is 35.3 Å². The lowest BCUT2D eigenvalue weighted by Crippen LogP contribution is -2.64. The van der Waals surface area contributed by atoms with Crippen LogP contribution in [-0.2, 0) is 4.79 Å². The number of carbonyl (C=O) groups is 1. The second-order valence-electron chi connectivity index (χ2n) is 5.09. The molecule has 0 aliphatic carbocycles. The van der Waals surface area contributed by atoms with E-state index in [9.17, 15) is 9.90 Å². The topological polar surface area (TPSA) is 49.8 Å². The van der Waals surface area contributed by atoms with Gasteiger partial charge in [-0.15, -0.1) is 0 Å². The second kappa shape index (κ2) is 6.20. The van der Waals surface area contributed by atoms with Gasteiger partial charge in [-0.2, -0.15) is 0 Å². The molecule has 0 aromatic heterocycles. The molecule has 1 aromatic rings. The zero-order valence-corrected chi connectivity index (χ0v) is 12.7. The number of likely N-dealkylation sites (tertiary alicyclic amines) is 1. The highest BCUT2D eigenvalue weighted by Gasteiger charge is 2.42. The van der Waals surface area contributed by atoms with Crippen LogP contribution >= 0.6 is 23.2 Å². The number of benzene rings is 1. The molecule has 0 unspecified atom stereocenters. The lowest BCUT2D eigenvalue weighted by molar-refractivity contribution is -0.158. The number of hydrogen-bond donors (Lipinski definition) is 1. The molecule has 1 heterocycles. The van der Waals surface area contributed by atoms with Crippen molar-refractivity contribution in [2.24, 2.45) is 0 Å². The van der Waals surface area contributed by atoms with Crippen molar-refractivity contribution in [3.8, 4) is 5.75 Å². The Kier molecular flexibility index (Phi) is 4.78. The molecule has 0 spiro atoms. The van der Waals surface area contributed by atoms with Crippen molar-refractivity contribution in [1.82, 2.24) is 4.90 Å². The number of β-amino-alcohol motifs (C(OH)–C–C–N with tert-alkyl or cyclic N) is 1. The number of halogens is 2. The van der Waals surface area contributed by atoms with Crippen molar-refractivity contribution in [3.05, 3.63) is 28.2 Å². The molecule has 1 aliphatic rings. The Labute approximate surface area is 128 Å². The molecule has 0 atom stereocenters. The van der Waals surface area contributed by atoms with Crippen LogP contribution in [0.15, 0.2) is 18.2 Å². The molecule has 0 bridgehead atoms. The van der Waals surface area contributed by atoms with Gasteiger partial charge in [0.15, 0.2) is 6.61 Å². The SMILES string of the molecule is CCCC1(O)CN(C(=O)COc2ccc(Cl)c(Cl)c2)C1. The van der Waals surface area contributed by atoms with E-state index >= 15 is 0 Å². The Morgan fingerprint density at radius 2 is 2.10 bits per heavy atom. The van der Waals surface area contributed by atoms with Crippen LogP contribution in [0.4, 0.5) is 0 Å². The fraction of sp³-hybridized carbons (Fsp3) is 0.500. The van der Waals surface area contributed by atoms with Gasteiger partial charge in [0.1, 0.15) is 5.75 Å². The molecule has 6 heteroatoms. The third kappa shape index (κ3) is 3.57. The standard InChI is InChI=1S/C14H17Cl2NO3/c1-2-5-14(19)8-17(9-14)13(18)7-20-10-3-4-11(15)12(16)6-10/h3-4,6,19H,2,5,7-9H2,1H3. The molecule has 1 saturated heterocycles. The molecule has 1 N–H and O–H groups in total. The lowest BCUT2D eigenvalue weighted by atomic mass is 9.89. The maximum absolute atomic E-state index is 11.9. The van der Waals surface area contributed by atoms with Crippen LogP contribution in [0.1, 0.15) is 19.8 Å². The summed E-state index contributed by atoms with van der Waals surface area (Å²) < 4.78 is 5.37. The summed E-state index contributed by atoms with van der Waals surface area (Å²) in [6.45, 7) is 2.70. The summed E-state index contributed by atoms with van der Waals surface area (Å²) in [5.74, 6) is 0.356. The summed E-state index contributed by atoms with van der Waals surface area (Å²) in [7, 11) is 0. The van der Waals surface area contributed by atoms with Gasteiger partial charge < -0.3 is 14.7 Å². The first-order valence-electron chi connectivity index (χ1n) is 6.51. The fourth-order valence-electron chi connectivity index (χ4n) is 2.27. The summed E-state index contributed by atoms with van der Waals surface area (Å²) >= 11 is 11.7. The Balaban J connectivity index is 1.80. The van der Waals surface area contributed by atoms with Crippen LogP contribution in [-0.4, -0.2) is 41.2 Å². The first-order valence-corrected chi connectivity index (χ1v) is 7.27. The molecule has 0 radical (unpaired) electrons. The Hall–Kier alpha value is -0.970. The van der Waals surface area contributed by atoms with Crippen LogP contribution in [0.3, 0.4) is 0 Å². The van der Waals surface area contributed by atoms with Crippen LogP contribution in [0.5, 0.6) is 5.75 Å². The van der Waals surface area contributed by atoms with Gasteiger partial charge in [-0.05, 0) is 18.6 Å². The van der Waals surface area contributed by atoms with E-state index in [1.807, 2.05) is 6.92 Å². The largest absolute Gasteiger partial charge is 0.484 e. The van der Waals surface area contributed by atoms with E-state index < -0.39 is 5.60 Å². The number of rotatable bonds is 5. The molecular formula is C14H17Cl2NO3. The van der Waals surface area contributed by atoms with Crippen molar-refractivity contribution in [3.63, 3.8) is 0 Å². The highest BCUT2D eigenvalue weighted by molar-refractivity contribution is 6.42. The molecule has 1 amide bonds. The molecule has 4 nitrogen and oxygen atoms in total. The van der Waals surface area contributed by atoms with E-state index in [1.54, 1.807) is 23.1 Å². The molecule has 1 aliphatic heterocycles. The van der Waals surface area contributed by atoms with E-state index in [0.717, 1.165) is 6.42 Å². The number of hydrogen-bond acceptors (Lipinski definition) is 3. The van der Waals surface area contributed by atoms with Gasteiger partial charge in [0, 0.05) is 6.07 Å². The molecule has 1 aromatic carbocycles. The maximum Gasteiger partial charge on any atom is 0.260 e. The number of aliphatic hydroxyl groups is 1. The van der Waals surface area contributed by atoms with Gasteiger partial charge in [-0.3, -0.25) is 4.79 Å². The summed E-state index contributed by atoms with van der Waals surface area (Å²) in [4.78, 5) is 13.5. The smallest absolute Gasteiger partial charge is 0.260 e. The average Bonchev–Trinajstić information content (AvgIpc) is 2.37. The third-order valence-electron chi connectivity index (χ3n) is 3.29. The minimum Gasteiger partial charge on any atom is -0.484 e. The van der Waals surface area contributed by atoms with Crippen molar-refractivity contribution >= 4 is 29.1 Å². The molecule has 2 rings (SSSR count). The van der Waals surface area contributed by atoms with Crippen LogP contribution < -0.4 is 4.74 Å². The van der Waals surface area contributed by atoms with Crippen molar-refractivity contribution in [2.45, 2.75) is 25.4 Å². The Morgan fingerprint density at radius 3 is 2.70 bits per heavy atom. The van der Waals surface area contributed by atoms with Crippen LogP contribution in [0, 0.1) is 0 Å². The van der Waals surface area contributed by atoms with Gasteiger partial charge >= 0.3 is 0 Å². The van der Waals surface area contributed by atoms with Gasteiger partial charge in [-0.25, -0.2) is 0 Å². The van der Waals surface area contributed by atoms with Crippen molar-refractivity contribution in [1.29, 1.82) is 0 Å². The lowest BCUT2D eigenvalue weighted by Gasteiger charge is -2.46. The van der Waals surface area contributed by atoms with Crippen molar-refractivity contribution < 1.29 is 14.6 Å². The predicted molar refractivity (Wildman–Crippen MR) is 78.4 cm³/mol. The van der Waals surface area contributed by atoms with Gasteiger partial charge in [0.05, 0.1) is 28.7 Å². The second-order valence-corrected chi connectivity index (χ2v) is 5.90. The summed E-state index contributed by atoms with van der Waals surface area (Å²) in [5, 5.41) is 10.8. The third-order valence-corrected chi connectivity index (χ3v) is 4.03. The number of nitrogens with zero attached hydrogens (tertiary/aromatic N) is 1. The van der Waals surface area contributed by atoms with E-state index in [1.165, 1.54) is 0 Å². The Morgan fingerprint density at radius 1 is 1.40 bits per heavy atom. The predicted octanol–water partition coefficient (Wildman–Crippen LogP) is 2.75. The van der Waals surface area contributed by atoms with E-state index in [-0.39, 0.29) is 12.5 Å². The number of ether oxygens (including phenoxy) is 1. The van der Waals surface area contributed by atoms with Gasteiger partial charge in [0.25, 0.3) is 5.91 Å². The first kappa shape index (κ1) is 15.4. The summed E-state index contributed by atoms with van der Waals surface area (Å²) in [6.07, 6.45) is 1.61. The summed E-state index contributed by atoms with van der Waals surface area (Å²) in [5.41, 5.74) is -0.714. The highest BCUT2D eigenvalue weighted by atomic mass is 35.5. The molecule has 1 fully saturated rings. The summed E-state index contributed by atoms with van der Waals surface area (Å²) in [6, 6.07) is 4.85. The van der Waals surface area contributed by atoms with E-state index in [2.05, 4.69) is 0 Å². The van der Waals surface area contributed by atoms with Crippen molar-refractivity contribution in [2.75, 3.05) is 19.7 Å². The molecule has 20 heavy (non-hydrogen) atoms. The zero-order chi connectivity index (χ0) is 14.8. The van der Waals surface area contributed by atoms with Crippen LogP contribution in [0.25, 0.3) is 0 Å². The minimum atomic E-state index is -0.714. The fourth-order valence-corrected chi connectivity index (χ4v) is 2.56.